The Balaban J connectivity index is 0.000000261. The van der Waals surface area contributed by atoms with Gasteiger partial charge in [0.05, 0.1) is 10.0 Å². The number of piperidine rings is 1. The Morgan fingerprint density at radius 2 is 1.86 bits per heavy atom. The topological polar surface area (TPSA) is 38.5 Å². The predicted molar refractivity (Wildman–Crippen MR) is 123 cm³/mol. The molecule has 8 heteroatoms. The Morgan fingerprint density at radius 3 is 2.43 bits per heavy atom. The average molecular weight is 463 g/mol. The summed E-state index contributed by atoms with van der Waals surface area (Å²) in [6.07, 6.45) is 3.43. The van der Waals surface area contributed by atoms with Gasteiger partial charge in [0.1, 0.15) is 17.7 Å². The van der Waals surface area contributed by atoms with Crippen LogP contribution in [0.4, 0.5) is 4.39 Å². The largest absolute Gasteiger partial charge is 0.490 e. The number of thiol groups is 1. The Labute approximate surface area is 184 Å². The van der Waals surface area contributed by atoms with Gasteiger partial charge in [0.15, 0.2) is 0 Å². The summed E-state index contributed by atoms with van der Waals surface area (Å²) in [4.78, 5) is 3.24. The van der Waals surface area contributed by atoms with Crippen molar-refractivity contribution in [2.45, 2.75) is 30.3 Å². The van der Waals surface area contributed by atoms with Crippen molar-refractivity contribution in [3.63, 3.8) is 0 Å². The van der Waals surface area contributed by atoms with Crippen LogP contribution in [0, 0.1) is 5.82 Å². The molecule has 0 radical (unpaired) electrons. The molecule has 2 aromatic rings. The number of rotatable bonds is 5. The summed E-state index contributed by atoms with van der Waals surface area (Å²) < 4.78 is 18.2. The van der Waals surface area contributed by atoms with E-state index in [0.29, 0.717) is 10.0 Å². The lowest BCUT2D eigenvalue weighted by atomic mass is 10.1. The maximum atomic E-state index is 12.3. The lowest BCUT2D eigenvalue weighted by molar-refractivity contribution is 0.100. The van der Waals surface area contributed by atoms with Gasteiger partial charge in [-0.25, -0.2) is 4.39 Å². The van der Waals surface area contributed by atoms with Crippen molar-refractivity contribution in [1.82, 2.24) is 4.90 Å². The van der Waals surface area contributed by atoms with Gasteiger partial charge in [0, 0.05) is 24.1 Å². The molecule has 0 amide bonds. The zero-order valence-electron chi connectivity index (χ0n) is 15.6. The number of nitrogens with zero attached hydrogens (tertiary/aromatic N) is 1. The number of halogens is 3. The van der Waals surface area contributed by atoms with E-state index in [0.717, 1.165) is 61.4 Å². The van der Waals surface area contributed by atoms with Crippen molar-refractivity contribution in [3.8, 4) is 5.75 Å². The summed E-state index contributed by atoms with van der Waals surface area (Å²) in [5.74, 6) is 0.576. The number of hydrogen-bond acceptors (Lipinski definition) is 4. The van der Waals surface area contributed by atoms with Crippen LogP contribution in [-0.2, 0) is 0 Å². The van der Waals surface area contributed by atoms with Crippen molar-refractivity contribution in [2.24, 2.45) is 5.73 Å². The molecule has 1 aliphatic rings. The molecule has 1 atom stereocenters. The van der Waals surface area contributed by atoms with Gasteiger partial charge in [-0.05, 0) is 68.0 Å². The second-order valence-corrected chi connectivity index (χ2v) is 8.50. The highest BCUT2D eigenvalue weighted by atomic mass is 35.5. The van der Waals surface area contributed by atoms with Crippen LogP contribution in [0.3, 0.4) is 0 Å². The molecule has 28 heavy (non-hydrogen) atoms. The van der Waals surface area contributed by atoms with Gasteiger partial charge in [0.25, 0.3) is 0 Å². The summed E-state index contributed by atoms with van der Waals surface area (Å²) in [5, 5.41) is 1.89. The van der Waals surface area contributed by atoms with Crippen LogP contribution in [0.5, 0.6) is 5.75 Å². The lowest BCUT2D eigenvalue weighted by Crippen LogP contribution is -2.39. The minimum absolute atomic E-state index is 0.224. The predicted octanol–water partition coefficient (Wildman–Crippen LogP) is 4.80. The summed E-state index contributed by atoms with van der Waals surface area (Å²) in [7, 11) is 2.40. The molecule has 1 heterocycles. The molecule has 1 aliphatic heterocycles. The SMILES string of the molecule is Fc1ccc(S)c(P)c1.NCCCN1CCC(Oc2ccc(Cl)c(Cl)c2)CC1. The number of nitrogens with two attached hydrogens (primary N) is 1. The summed E-state index contributed by atoms with van der Waals surface area (Å²) in [6.45, 7) is 4.01. The van der Waals surface area contributed by atoms with E-state index >= 15 is 0 Å². The van der Waals surface area contributed by atoms with Crippen molar-refractivity contribution in [2.75, 3.05) is 26.2 Å². The van der Waals surface area contributed by atoms with Gasteiger partial charge in [-0.2, -0.15) is 0 Å². The normalized spacial score (nSPS) is 15.1. The monoisotopic (exact) mass is 462 g/mol. The molecular formula is C20H26Cl2FN2OPS. The fourth-order valence-corrected chi connectivity index (χ4v) is 3.52. The number of benzene rings is 2. The van der Waals surface area contributed by atoms with E-state index in [9.17, 15) is 4.39 Å². The molecule has 2 N–H and O–H groups in total. The molecule has 0 aliphatic carbocycles. The van der Waals surface area contributed by atoms with Gasteiger partial charge in [0.2, 0.25) is 0 Å². The van der Waals surface area contributed by atoms with Crippen LogP contribution in [0.2, 0.25) is 10.0 Å². The molecule has 154 valence electrons. The maximum Gasteiger partial charge on any atom is 0.123 e. The Kier molecular flexibility index (Phi) is 10.4. The zero-order valence-corrected chi connectivity index (χ0v) is 19.1. The van der Waals surface area contributed by atoms with E-state index < -0.39 is 0 Å². The second-order valence-electron chi connectivity index (χ2n) is 6.58. The van der Waals surface area contributed by atoms with Crippen LogP contribution in [0.1, 0.15) is 19.3 Å². The molecular weight excluding hydrogens is 437 g/mol. The quantitative estimate of drug-likeness (QED) is 0.494. The molecule has 0 spiro atoms. The van der Waals surface area contributed by atoms with Gasteiger partial charge in [-0.1, -0.05) is 23.2 Å². The van der Waals surface area contributed by atoms with Crippen LogP contribution < -0.4 is 15.8 Å². The van der Waals surface area contributed by atoms with Crippen molar-refractivity contribution < 1.29 is 9.13 Å². The minimum atomic E-state index is -0.224. The molecule has 3 rings (SSSR count). The highest BCUT2D eigenvalue weighted by molar-refractivity contribution is 7.80. The molecule has 0 saturated carbocycles. The molecule has 1 saturated heterocycles. The van der Waals surface area contributed by atoms with Crippen LogP contribution >= 0.6 is 45.1 Å². The first-order valence-electron chi connectivity index (χ1n) is 9.17. The van der Waals surface area contributed by atoms with Crippen LogP contribution in [-0.4, -0.2) is 37.2 Å². The first-order valence-corrected chi connectivity index (χ1v) is 10.9. The molecule has 1 fully saturated rings. The van der Waals surface area contributed by atoms with Gasteiger partial charge in [-0.15, -0.1) is 21.9 Å². The highest BCUT2D eigenvalue weighted by Gasteiger charge is 2.20. The number of ether oxygens (including phenoxy) is 1. The van der Waals surface area contributed by atoms with E-state index in [1.165, 1.54) is 12.1 Å². The van der Waals surface area contributed by atoms with E-state index in [-0.39, 0.29) is 11.9 Å². The third-order valence-corrected chi connectivity index (χ3v) is 6.26. The first-order chi connectivity index (χ1) is 13.4. The Bertz CT molecular complexity index is 761. The van der Waals surface area contributed by atoms with Gasteiger partial charge >= 0.3 is 0 Å². The molecule has 0 aromatic heterocycles. The zero-order chi connectivity index (χ0) is 20.5. The summed E-state index contributed by atoms with van der Waals surface area (Å²) in [5.41, 5.74) is 5.53. The van der Waals surface area contributed by atoms with Crippen LogP contribution in [0.25, 0.3) is 0 Å². The maximum absolute atomic E-state index is 12.3. The number of likely N-dealkylation sites (tertiary alicyclic amines) is 1. The van der Waals surface area contributed by atoms with Crippen molar-refractivity contribution >= 4 is 50.4 Å². The Hall–Kier alpha value is -0.550. The van der Waals surface area contributed by atoms with Crippen LogP contribution in [0.15, 0.2) is 41.3 Å². The van der Waals surface area contributed by atoms with Crippen molar-refractivity contribution in [1.29, 1.82) is 0 Å². The second kappa shape index (κ2) is 12.2. The molecule has 2 aromatic carbocycles. The standard InChI is InChI=1S/C14H20Cl2N2O.C6H6FPS/c15-13-3-2-12(10-14(13)16)19-11-4-8-18(9-5-11)7-1-6-17;7-4-1-2-6(9)5(8)3-4/h2-3,10-11H,1,4-9,17H2;1-3,9H,8H2. The van der Waals surface area contributed by atoms with Crippen molar-refractivity contribution in [3.05, 3.63) is 52.3 Å². The fourth-order valence-electron chi connectivity index (χ4n) is 2.83. The molecule has 0 bridgehead atoms. The van der Waals surface area contributed by atoms with Gasteiger partial charge in [-0.3, -0.25) is 0 Å². The minimum Gasteiger partial charge on any atom is -0.490 e. The van der Waals surface area contributed by atoms with E-state index in [2.05, 4.69) is 26.8 Å². The lowest BCUT2D eigenvalue weighted by Gasteiger charge is -2.32. The fraction of sp³-hybridized carbons (Fsp3) is 0.400. The smallest absolute Gasteiger partial charge is 0.123 e. The number of hydrogen-bond donors (Lipinski definition) is 2. The van der Waals surface area contributed by atoms with Gasteiger partial charge < -0.3 is 15.4 Å². The van der Waals surface area contributed by atoms with E-state index in [1.54, 1.807) is 18.2 Å². The van der Waals surface area contributed by atoms with E-state index in [4.69, 9.17) is 33.7 Å². The molecule has 1 unspecified atom stereocenters. The summed E-state index contributed by atoms with van der Waals surface area (Å²) >= 11 is 15.9. The highest BCUT2D eigenvalue weighted by Crippen LogP contribution is 2.28. The molecule has 3 nitrogen and oxygen atoms in total. The first kappa shape index (κ1) is 23.7. The summed E-state index contributed by atoms with van der Waals surface area (Å²) in [6, 6.07) is 9.86. The Morgan fingerprint density at radius 1 is 1.14 bits per heavy atom. The third kappa shape index (κ3) is 8.06. The average Bonchev–Trinajstić information content (AvgIpc) is 2.68. The third-order valence-electron chi connectivity index (χ3n) is 4.40. The van der Waals surface area contributed by atoms with E-state index in [1.807, 2.05) is 6.07 Å².